The molecule has 5 rings (SSSR count). The van der Waals surface area contributed by atoms with Crippen LogP contribution < -0.4 is 5.32 Å². The number of aryl methyl sites for hydroxylation is 1. The minimum absolute atomic E-state index is 0.0371. The second kappa shape index (κ2) is 7.51. The molecule has 0 spiro atoms. The summed E-state index contributed by atoms with van der Waals surface area (Å²) in [6, 6.07) is 7.82. The Labute approximate surface area is 176 Å². The monoisotopic (exact) mass is 427 g/mol. The Morgan fingerprint density at radius 1 is 1.13 bits per heavy atom. The number of nitrogens with one attached hydrogen (secondary N) is 1. The van der Waals surface area contributed by atoms with Crippen molar-refractivity contribution in [2.45, 2.75) is 50.2 Å². The van der Waals surface area contributed by atoms with Gasteiger partial charge in [-0.25, -0.2) is 4.98 Å². The highest BCUT2D eigenvalue weighted by Crippen LogP contribution is 2.40. The summed E-state index contributed by atoms with van der Waals surface area (Å²) in [4.78, 5) is 21.7. The molecule has 2 heterocycles. The highest BCUT2D eigenvalue weighted by molar-refractivity contribution is 5.94. The van der Waals surface area contributed by atoms with Gasteiger partial charge in [0, 0.05) is 28.9 Å². The minimum Gasteiger partial charge on any atom is -0.439 e. The zero-order valence-corrected chi connectivity index (χ0v) is 16.6. The molecule has 2 aromatic heterocycles. The largest absolute Gasteiger partial charge is 0.439 e. The van der Waals surface area contributed by atoms with Crippen LogP contribution >= 0.6 is 0 Å². The topological polar surface area (TPSA) is 68.0 Å². The highest BCUT2D eigenvalue weighted by Gasteiger charge is 2.32. The second-order valence-corrected chi connectivity index (χ2v) is 8.07. The van der Waals surface area contributed by atoms with Gasteiger partial charge in [-0.2, -0.15) is 13.2 Å². The number of pyridine rings is 1. The summed E-state index contributed by atoms with van der Waals surface area (Å²) in [5.74, 6) is 0.992. The van der Waals surface area contributed by atoms with E-state index in [4.69, 9.17) is 4.42 Å². The average Bonchev–Trinajstić information content (AvgIpc) is 3.52. The zero-order valence-electron chi connectivity index (χ0n) is 16.6. The average molecular weight is 427 g/mol. The van der Waals surface area contributed by atoms with Crippen molar-refractivity contribution in [2.24, 2.45) is 0 Å². The molecule has 1 amide bonds. The number of hydrogen-bond donors (Lipinski definition) is 1. The van der Waals surface area contributed by atoms with Crippen LogP contribution in [0.1, 0.15) is 70.7 Å². The quantitative estimate of drug-likeness (QED) is 0.602. The summed E-state index contributed by atoms with van der Waals surface area (Å²) in [6.07, 6.45) is 1.70. The van der Waals surface area contributed by atoms with E-state index >= 15 is 0 Å². The first-order valence-corrected chi connectivity index (χ1v) is 10.3. The number of carbonyl (C=O) groups excluding carboxylic acids is 1. The van der Waals surface area contributed by atoms with Crippen LogP contribution in [-0.2, 0) is 12.6 Å². The third-order valence-electron chi connectivity index (χ3n) is 5.73. The maximum atomic E-state index is 13.0. The van der Waals surface area contributed by atoms with Crippen LogP contribution in [0.25, 0.3) is 11.5 Å². The lowest BCUT2D eigenvalue weighted by Gasteiger charge is -2.21. The number of halogens is 3. The molecule has 31 heavy (non-hydrogen) atoms. The predicted octanol–water partition coefficient (Wildman–Crippen LogP) is 5.44. The Morgan fingerprint density at radius 3 is 2.74 bits per heavy atom. The van der Waals surface area contributed by atoms with Crippen molar-refractivity contribution in [3.8, 4) is 11.5 Å². The van der Waals surface area contributed by atoms with E-state index in [1.807, 2.05) is 12.1 Å². The highest BCUT2D eigenvalue weighted by atomic mass is 19.4. The van der Waals surface area contributed by atoms with E-state index in [2.05, 4.69) is 15.3 Å². The van der Waals surface area contributed by atoms with Crippen LogP contribution in [0.5, 0.6) is 0 Å². The number of carbonyl (C=O) groups is 1. The van der Waals surface area contributed by atoms with Crippen molar-refractivity contribution in [1.82, 2.24) is 15.3 Å². The lowest BCUT2D eigenvalue weighted by molar-refractivity contribution is -0.137. The first kappa shape index (κ1) is 19.8. The van der Waals surface area contributed by atoms with E-state index in [0.29, 0.717) is 24.0 Å². The van der Waals surface area contributed by atoms with Gasteiger partial charge in [-0.3, -0.25) is 9.78 Å². The SMILES string of the molecule is O=C(NC1CCCc2nc(-c3ccnc(C4CC4)c3)oc21)c1cccc(C(F)(F)F)c1. The Hall–Kier alpha value is -3.16. The van der Waals surface area contributed by atoms with Gasteiger partial charge in [-0.1, -0.05) is 6.07 Å². The molecule has 1 aromatic carbocycles. The van der Waals surface area contributed by atoms with Crippen LogP contribution in [0.3, 0.4) is 0 Å². The number of alkyl halides is 3. The normalized spacial score (nSPS) is 18.5. The van der Waals surface area contributed by atoms with Crippen molar-refractivity contribution in [2.75, 3.05) is 0 Å². The molecule has 1 N–H and O–H groups in total. The molecule has 0 aliphatic heterocycles. The number of fused-ring (bicyclic) bond motifs is 1. The maximum absolute atomic E-state index is 13.0. The molecule has 2 aliphatic rings. The summed E-state index contributed by atoms with van der Waals surface area (Å²) in [5, 5.41) is 2.82. The van der Waals surface area contributed by atoms with Crippen LogP contribution in [0.4, 0.5) is 13.2 Å². The third-order valence-corrected chi connectivity index (χ3v) is 5.73. The van der Waals surface area contributed by atoms with E-state index in [0.717, 1.165) is 54.8 Å². The Kier molecular flexibility index (Phi) is 4.79. The van der Waals surface area contributed by atoms with Gasteiger partial charge in [0.1, 0.15) is 5.76 Å². The van der Waals surface area contributed by atoms with Gasteiger partial charge in [0.05, 0.1) is 17.3 Å². The molecule has 1 fully saturated rings. The van der Waals surface area contributed by atoms with Gasteiger partial charge in [0.15, 0.2) is 0 Å². The Bertz CT molecular complexity index is 1140. The first-order chi connectivity index (χ1) is 14.9. The lowest BCUT2D eigenvalue weighted by Crippen LogP contribution is -2.30. The van der Waals surface area contributed by atoms with Crippen molar-refractivity contribution >= 4 is 5.91 Å². The summed E-state index contributed by atoms with van der Waals surface area (Å²) in [5.41, 5.74) is 1.76. The standard InChI is InChI=1S/C23H20F3N3O2/c24-23(25,26)16-4-1-3-14(11-16)21(30)28-17-5-2-6-18-20(17)31-22(29-18)15-9-10-27-19(12-15)13-7-8-13/h1,3-4,9-13,17H,2,5-8H2,(H,28,30). The predicted molar refractivity (Wildman–Crippen MR) is 106 cm³/mol. The first-order valence-electron chi connectivity index (χ1n) is 10.3. The van der Waals surface area contributed by atoms with Crippen molar-refractivity contribution in [3.63, 3.8) is 0 Å². The van der Waals surface area contributed by atoms with E-state index in [9.17, 15) is 18.0 Å². The van der Waals surface area contributed by atoms with Gasteiger partial charge in [0.25, 0.3) is 5.91 Å². The molecule has 0 saturated heterocycles. The molecule has 3 aromatic rings. The van der Waals surface area contributed by atoms with Gasteiger partial charge >= 0.3 is 6.18 Å². The number of hydrogen-bond acceptors (Lipinski definition) is 4. The fourth-order valence-electron chi connectivity index (χ4n) is 3.94. The number of rotatable bonds is 4. The van der Waals surface area contributed by atoms with Crippen molar-refractivity contribution in [3.05, 3.63) is 70.9 Å². The van der Waals surface area contributed by atoms with Crippen LogP contribution in [0.15, 0.2) is 47.0 Å². The lowest BCUT2D eigenvalue weighted by atomic mass is 9.96. The molecule has 1 unspecified atom stereocenters. The smallest absolute Gasteiger partial charge is 0.416 e. The van der Waals surface area contributed by atoms with Crippen molar-refractivity contribution < 1.29 is 22.4 Å². The van der Waals surface area contributed by atoms with Gasteiger partial charge in [-0.05, 0) is 62.4 Å². The third kappa shape index (κ3) is 4.06. The van der Waals surface area contributed by atoms with Crippen LogP contribution in [0, 0.1) is 0 Å². The van der Waals surface area contributed by atoms with E-state index < -0.39 is 23.7 Å². The maximum Gasteiger partial charge on any atom is 0.416 e. The number of oxazole rings is 1. The second-order valence-electron chi connectivity index (χ2n) is 8.07. The number of benzene rings is 1. The molecule has 5 nitrogen and oxygen atoms in total. The molecular formula is C23H20F3N3O2. The Balaban J connectivity index is 1.38. The van der Waals surface area contributed by atoms with Gasteiger partial charge in [0.2, 0.25) is 5.89 Å². The fourth-order valence-corrected chi connectivity index (χ4v) is 3.94. The van der Waals surface area contributed by atoms with E-state index in [-0.39, 0.29) is 5.56 Å². The molecule has 1 saturated carbocycles. The molecular weight excluding hydrogens is 407 g/mol. The molecule has 0 radical (unpaired) electrons. The number of aromatic nitrogens is 2. The fraction of sp³-hybridized carbons (Fsp3) is 0.348. The van der Waals surface area contributed by atoms with Crippen molar-refractivity contribution in [1.29, 1.82) is 0 Å². The zero-order chi connectivity index (χ0) is 21.6. The number of nitrogens with zero attached hydrogens (tertiary/aromatic N) is 2. The van der Waals surface area contributed by atoms with Gasteiger partial charge < -0.3 is 9.73 Å². The van der Waals surface area contributed by atoms with E-state index in [1.54, 1.807) is 6.20 Å². The summed E-state index contributed by atoms with van der Waals surface area (Å²) < 4.78 is 45.0. The molecule has 8 heteroatoms. The minimum atomic E-state index is -4.50. The molecule has 2 aliphatic carbocycles. The van der Waals surface area contributed by atoms with Gasteiger partial charge in [-0.15, -0.1) is 0 Å². The number of amides is 1. The molecule has 0 bridgehead atoms. The molecule has 160 valence electrons. The van der Waals surface area contributed by atoms with Crippen LogP contribution in [0.2, 0.25) is 0 Å². The summed E-state index contributed by atoms with van der Waals surface area (Å²) in [6.45, 7) is 0. The van der Waals surface area contributed by atoms with Crippen LogP contribution in [-0.4, -0.2) is 15.9 Å². The Morgan fingerprint density at radius 2 is 1.97 bits per heavy atom. The van der Waals surface area contributed by atoms with E-state index in [1.165, 1.54) is 12.1 Å². The molecule has 1 atom stereocenters. The summed E-state index contributed by atoms with van der Waals surface area (Å²) in [7, 11) is 0. The summed E-state index contributed by atoms with van der Waals surface area (Å²) >= 11 is 0.